The van der Waals surface area contributed by atoms with Crippen molar-refractivity contribution in [3.63, 3.8) is 0 Å². The van der Waals surface area contributed by atoms with Gasteiger partial charge >= 0.3 is 0 Å². The Bertz CT molecular complexity index is 652. The molecule has 1 heterocycles. The molecule has 0 spiro atoms. The minimum absolute atomic E-state index is 0.193. The van der Waals surface area contributed by atoms with E-state index in [9.17, 15) is 17.2 Å². The molecule has 2 rings (SSSR count). The summed E-state index contributed by atoms with van der Waals surface area (Å²) in [7, 11) is -3.57. The Morgan fingerprint density at radius 3 is 2.52 bits per heavy atom. The van der Waals surface area contributed by atoms with E-state index in [1.165, 1.54) is 16.4 Å². The summed E-state index contributed by atoms with van der Waals surface area (Å²) in [4.78, 5) is 1.76. The molecule has 5 nitrogen and oxygen atoms in total. The highest BCUT2D eigenvalue weighted by Crippen LogP contribution is 2.23. The smallest absolute Gasteiger partial charge is 0.279 e. The Kier molecular flexibility index (Phi) is 5.59. The van der Waals surface area contributed by atoms with E-state index >= 15 is 0 Å². The first-order valence-corrected chi connectivity index (χ1v) is 9.14. The molecule has 1 N–H and O–H groups in total. The Morgan fingerprint density at radius 1 is 1.22 bits per heavy atom. The fourth-order valence-corrected chi connectivity index (χ4v) is 4.37. The molecule has 1 saturated heterocycles. The van der Waals surface area contributed by atoms with Gasteiger partial charge in [0.2, 0.25) is 0 Å². The number of hydrogen-bond acceptors (Lipinski definition) is 3. The molecule has 0 amide bonds. The molecule has 23 heavy (non-hydrogen) atoms. The Balaban J connectivity index is 2.17. The third-order valence-electron chi connectivity index (χ3n) is 3.84. The molecule has 0 radical (unpaired) electrons. The number of anilines is 1. The van der Waals surface area contributed by atoms with E-state index in [4.69, 9.17) is 0 Å². The van der Waals surface area contributed by atoms with Gasteiger partial charge in [-0.2, -0.15) is 17.4 Å². The zero-order valence-electron chi connectivity index (χ0n) is 13.6. The first kappa shape index (κ1) is 18.1. The summed E-state index contributed by atoms with van der Waals surface area (Å²) < 4.78 is 55.7. The Labute approximate surface area is 136 Å². The van der Waals surface area contributed by atoms with Gasteiger partial charge in [0.1, 0.15) is 11.6 Å². The van der Waals surface area contributed by atoms with Crippen LogP contribution in [-0.2, 0) is 10.2 Å². The SMILES string of the molecule is CC(C)NS(=O)(=O)N1CCN(c2ccc(F)cc2F)CCC1C. The third-order valence-corrected chi connectivity index (χ3v) is 5.77. The first-order chi connectivity index (χ1) is 10.7. The monoisotopic (exact) mass is 347 g/mol. The van der Waals surface area contributed by atoms with Crippen LogP contribution in [0.3, 0.4) is 0 Å². The maximum absolute atomic E-state index is 13.9. The predicted octanol–water partition coefficient (Wildman–Crippen LogP) is 2.11. The molecule has 1 aromatic carbocycles. The summed E-state index contributed by atoms with van der Waals surface area (Å²) in [6.45, 7) is 6.48. The lowest BCUT2D eigenvalue weighted by Crippen LogP contribution is -2.48. The fraction of sp³-hybridized carbons (Fsp3) is 0.600. The Morgan fingerprint density at radius 2 is 1.91 bits per heavy atom. The summed E-state index contributed by atoms with van der Waals surface area (Å²) in [5, 5.41) is 0. The minimum atomic E-state index is -3.57. The molecular formula is C15H23F2N3O2S. The number of rotatable bonds is 4. The molecule has 1 atom stereocenters. The standard InChI is InChI=1S/C15H23F2N3O2S/c1-11(2)18-23(21,22)20-9-8-19(7-6-12(20)3)15-5-4-13(16)10-14(15)17/h4-5,10-12,18H,6-9H2,1-3H3. The van der Waals surface area contributed by atoms with Crippen LogP contribution in [0, 0.1) is 11.6 Å². The van der Waals surface area contributed by atoms with Gasteiger partial charge in [-0.15, -0.1) is 0 Å². The van der Waals surface area contributed by atoms with Crippen molar-refractivity contribution >= 4 is 15.9 Å². The highest BCUT2D eigenvalue weighted by Gasteiger charge is 2.31. The van der Waals surface area contributed by atoms with E-state index in [1.807, 2.05) is 6.92 Å². The molecule has 1 aromatic rings. The van der Waals surface area contributed by atoms with E-state index in [2.05, 4.69) is 4.72 Å². The second kappa shape index (κ2) is 7.11. The number of hydrogen-bond donors (Lipinski definition) is 1. The van der Waals surface area contributed by atoms with Crippen molar-refractivity contribution in [1.82, 2.24) is 9.03 Å². The van der Waals surface area contributed by atoms with Crippen molar-refractivity contribution in [2.24, 2.45) is 0 Å². The second-order valence-electron chi connectivity index (χ2n) is 6.11. The van der Waals surface area contributed by atoms with Gasteiger partial charge in [-0.1, -0.05) is 0 Å². The van der Waals surface area contributed by atoms with Crippen LogP contribution < -0.4 is 9.62 Å². The number of nitrogens with one attached hydrogen (secondary N) is 1. The van der Waals surface area contributed by atoms with Crippen molar-refractivity contribution in [3.05, 3.63) is 29.8 Å². The summed E-state index contributed by atoms with van der Waals surface area (Å²) in [6.07, 6.45) is 0.565. The maximum Gasteiger partial charge on any atom is 0.279 e. The average Bonchev–Trinajstić information content (AvgIpc) is 2.60. The molecule has 1 aliphatic rings. The van der Waals surface area contributed by atoms with Crippen molar-refractivity contribution < 1.29 is 17.2 Å². The van der Waals surface area contributed by atoms with Crippen LogP contribution in [0.2, 0.25) is 0 Å². The van der Waals surface area contributed by atoms with Crippen LogP contribution in [-0.4, -0.2) is 44.4 Å². The van der Waals surface area contributed by atoms with Gasteiger partial charge in [0.25, 0.3) is 10.2 Å². The van der Waals surface area contributed by atoms with Crippen molar-refractivity contribution in [2.75, 3.05) is 24.5 Å². The van der Waals surface area contributed by atoms with E-state index < -0.39 is 21.8 Å². The van der Waals surface area contributed by atoms with Crippen LogP contribution in [0.1, 0.15) is 27.2 Å². The summed E-state index contributed by atoms with van der Waals surface area (Å²) in [5.74, 6) is -1.26. The first-order valence-electron chi connectivity index (χ1n) is 7.70. The van der Waals surface area contributed by atoms with Crippen LogP contribution in [0.25, 0.3) is 0 Å². The highest BCUT2D eigenvalue weighted by atomic mass is 32.2. The quantitative estimate of drug-likeness (QED) is 0.908. The van der Waals surface area contributed by atoms with Crippen LogP contribution in [0.5, 0.6) is 0 Å². The predicted molar refractivity (Wildman–Crippen MR) is 86.5 cm³/mol. The van der Waals surface area contributed by atoms with Gasteiger partial charge in [0, 0.05) is 37.8 Å². The van der Waals surface area contributed by atoms with E-state index in [0.29, 0.717) is 25.2 Å². The molecule has 1 fully saturated rings. The molecular weight excluding hydrogens is 324 g/mol. The van der Waals surface area contributed by atoms with Gasteiger partial charge in [0.05, 0.1) is 5.69 Å². The Hall–Kier alpha value is -1.25. The summed E-state index contributed by atoms with van der Waals surface area (Å²) in [5.41, 5.74) is 0.301. The number of nitrogens with zero attached hydrogens (tertiary/aromatic N) is 2. The van der Waals surface area contributed by atoms with Gasteiger partial charge in [-0.25, -0.2) is 8.78 Å². The molecule has 0 aromatic heterocycles. The van der Waals surface area contributed by atoms with Crippen LogP contribution in [0.15, 0.2) is 18.2 Å². The van der Waals surface area contributed by atoms with Crippen molar-refractivity contribution in [2.45, 2.75) is 39.3 Å². The van der Waals surface area contributed by atoms with Crippen molar-refractivity contribution in [1.29, 1.82) is 0 Å². The molecule has 1 aliphatic heterocycles. The molecule has 1 unspecified atom stereocenters. The van der Waals surface area contributed by atoms with E-state index in [0.717, 1.165) is 6.07 Å². The topological polar surface area (TPSA) is 52.7 Å². The van der Waals surface area contributed by atoms with Crippen molar-refractivity contribution in [3.8, 4) is 0 Å². The van der Waals surface area contributed by atoms with Gasteiger partial charge in [0.15, 0.2) is 0 Å². The summed E-state index contributed by atoms with van der Waals surface area (Å²) in [6, 6.07) is 3.06. The van der Waals surface area contributed by atoms with Gasteiger partial charge in [-0.05, 0) is 39.3 Å². The number of benzene rings is 1. The molecule has 0 bridgehead atoms. The fourth-order valence-electron chi connectivity index (χ4n) is 2.74. The average molecular weight is 347 g/mol. The zero-order chi connectivity index (χ0) is 17.2. The molecule has 8 heteroatoms. The van der Waals surface area contributed by atoms with Crippen LogP contribution >= 0.6 is 0 Å². The summed E-state index contributed by atoms with van der Waals surface area (Å²) >= 11 is 0. The maximum atomic E-state index is 13.9. The van der Waals surface area contributed by atoms with Gasteiger partial charge < -0.3 is 4.90 Å². The largest absolute Gasteiger partial charge is 0.368 e. The molecule has 0 aliphatic carbocycles. The van der Waals surface area contributed by atoms with Crippen LogP contribution in [0.4, 0.5) is 14.5 Å². The van der Waals surface area contributed by atoms with E-state index in [1.54, 1.807) is 18.7 Å². The third kappa shape index (κ3) is 4.39. The number of halogens is 2. The lowest BCUT2D eigenvalue weighted by atomic mass is 10.2. The lowest BCUT2D eigenvalue weighted by molar-refractivity contribution is 0.342. The van der Waals surface area contributed by atoms with Gasteiger partial charge in [-0.3, -0.25) is 0 Å². The zero-order valence-corrected chi connectivity index (χ0v) is 14.4. The normalized spacial score (nSPS) is 20.8. The molecule has 0 saturated carbocycles. The lowest BCUT2D eigenvalue weighted by Gasteiger charge is -2.27. The molecule has 130 valence electrons. The minimum Gasteiger partial charge on any atom is -0.368 e. The van der Waals surface area contributed by atoms with E-state index in [-0.39, 0.29) is 18.6 Å². The second-order valence-corrected chi connectivity index (χ2v) is 7.76. The highest BCUT2D eigenvalue weighted by molar-refractivity contribution is 7.87.